The number of amides is 1. The van der Waals surface area contributed by atoms with Crippen LogP contribution in [-0.4, -0.2) is 35.1 Å². The summed E-state index contributed by atoms with van der Waals surface area (Å²) in [5.41, 5.74) is 1.70. The van der Waals surface area contributed by atoms with Crippen molar-refractivity contribution >= 4 is 26.5 Å². The van der Waals surface area contributed by atoms with E-state index in [0.717, 1.165) is 22.8 Å². The molecule has 0 bridgehead atoms. The number of hydrogen-bond donors (Lipinski definition) is 1. The fourth-order valence-electron chi connectivity index (χ4n) is 3.29. The summed E-state index contributed by atoms with van der Waals surface area (Å²) in [4.78, 5) is 33.6. The maximum absolute atomic E-state index is 13.0. The quantitative estimate of drug-likeness (QED) is 0.484. The van der Waals surface area contributed by atoms with E-state index >= 15 is 0 Å². The number of nitrogens with one attached hydrogen (secondary N) is 1. The summed E-state index contributed by atoms with van der Waals surface area (Å²) in [5.74, 6) is -0.304. The SMILES string of the molecule is CS(=O)(=O)c1ccc(Cn2ccc3ccc(C(=O)NCc4cncnc4)cc3c2=O)cc1. The first-order chi connectivity index (χ1) is 15.3. The molecule has 1 N–H and O–H groups in total. The van der Waals surface area contributed by atoms with E-state index < -0.39 is 9.84 Å². The van der Waals surface area contributed by atoms with Crippen LogP contribution in [0.15, 0.2) is 83.1 Å². The first-order valence-corrected chi connectivity index (χ1v) is 11.6. The van der Waals surface area contributed by atoms with Crippen molar-refractivity contribution in [3.63, 3.8) is 0 Å². The third-order valence-electron chi connectivity index (χ3n) is 5.01. The van der Waals surface area contributed by atoms with Crippen LogP contribution < -0.4 is 10.9 Å². The van der Waals surface area contributed by atoms with Gasteiger partial charge in [0.05, 0.1) is 11.4 Å². The summed E-state index contributed by atoms with van der Waals surface area (Å²) in [5, 5.41) is 3.95. The number of pyridine rings is 1. The van der Waals surface area contributed by atoms with Gasteiger partial charge < -0.3 is 9.88 Å². The Kier molecular flexibility index (Phi) is 5.83. The van der Waals surface area contributed by atoms with Gasteiger partial charge >= 0.3 is 0 Å². The van der Waals surface area contributed by atoms with Crippen LogP contribution in [-0.2, 0) is 22.9 Å². The molecule has 0 aliphatic carbocycles. The smallest absolute Gasteiger partial charge is 0.258 e. The maximum Gasteiger partial charge on any atom is 0.258 e. The lowest BCUT2D eigenvalue weighted by molar-refractivity contribution is 0.0951. The Bertz CT molecular complexity index is 1450. The van der Waals surface area contributed by atoms with Gasteiger partial charge in [-0.2, -0.15) is 0 Å². The number of carbonyl (C=O) groups excluding carboxylic acids is 1. The van der Waals surface area contributed by atoms with Crippen molar-refractivity contribution in [2.75, 3.05) is 6.26 Å². The van der Waals surface area contributed by atoms with Gasteiger partial charge in [-0.05, 0) is 41.3 Å². The molecule has 0 aliphatic rings. The number of aromatic nitrogens is 3. The summed E-state index contributed by atoms with van der Waals surface area (Å²) < 4.78 is 24.8. The average molecular weight is 449 g/mol. The van der Waals surface area contributed by atoms with Gasteiger partial charge in [0.2, 0.25) is 0 Å². The Labute approximate surface area is 184 Å². The number of fused-ring (bicyclic) bond motifs is 1. The average Bonchev–Trinajstić information content (AvgIpc) is 2.79. The Morgan fingerprint density at radius 3 is 2.41 bits per heavy atom. The summed E-state index contributed by atoms with van der Waals surface area (Å²) in [6.45, 7) is 0.559. The van der Waals surface area contributed by atoms with Crippen LogP contribution in [0.25, 0.3) is 10.8 Å². The van der Waals surface area contributed by atoms with Crippen molar-refractivity contribution in [1.29, 1.82) is 0 Å². The molecule has 0 saturated carbocycles. The number of rotatable bonds is 6. The van der Waals surface area contributed by atoms with Crippen LogP contribution in [0.4, 0.5) is 0 Å². The predicted octanol–water partition coefficient (Wildman–Crippen LogP) is 2.17. The number of sulfone groups is 1. The zero-order valence-corrected chi connectivity index (χ0v) is 18.0. The van der Waals surface area contributed by atoms with Gasteiger partial charge in [-0.15, -0.1) is 0 Å². The number of hydrogen-bond acceptors (Lipinski definition) is 6. The van der Waals surface area contributed by atoms with Gasteiger partial charge in [0, 0.05) is 47.9 Å². The number of benzene rings is 2. The molecule has 32 heavy (non-hydrogen) atoms. The molecule has 0 atom stereocenters. The molecule has 0 unspecified atom stereocenters. The van der Waals surface area contributed by atoms with Gasteiger partial charge in [0.1, 0.15) is 6.33 Å². The van der Waals surface area contributed by atoms with Gasteiger partial charge in [0.15, 0.2) is 9.84 Å². The minimum Gasteiger partial charge on any atom is -0.348 e. The molecule has 4 rings (SSSR count). The van der Waals surface area contributed by atoms with Gasteiger partial charge in [-0.1, -0.05) is 18.2 Å². The third-order valence-corrected chi connectivity index (χ3v) is 6.14. The highest BCUT2D eigenvalue weighted by molar-refractivity contribution is 7.90. The van der Waals surface area contributed by atoms with E-state index in [0.29, 0.717) is 10.9 Å². The third kappa shape index (κ3) is 4.73. The second-order valence-corrected chi connectivity index (χ2v) is 9.41. The largest absolute Gasteiger partial charge is 0.348 e. The van der Waals surface area contributed by atoms with E-state index in [1.165, 1.54) is 23.0 Å². The van der Waals surface area contributed by atoms with Crippen LogP contribution in [0.3, 0.4) is 0 Å². The van der Waals surface area contributed by atoms with E-state index in [-0.39, 0.29) is 29.5 Å². The summed E-state index contributed by atoms with van der Waals surface area (Å²) in [6, 6.07) is 13.2. The van der Waals surface area contributed by atoms with Gasteiger partial charge in [-0.3, -0.25) is 9.59 Å². The Hall–Kier alpha value is -3.85. The molecular weight excluding hydrogens is 428 g/mol. The number of carbonyl (C=O) groups is 1. The standard InChI is InChI=1S/C23H20N4O4S/c1-32(30,31)20-6-2-16(3-7-20)14-27-9-8-18-4-5-19(10-21(18)23(27)29)22(28)26-13-17-11-24-15-25-12-17/h2-12,15H,13-14H2,1H3,(H,26,28). The minimum atomic E-state index is -3.28. The monoisotopic (exact) mass is 448 g/mol. The zero-order valence-electron chi connectivity index (χ0n) is 17.2. The lowest BCUT2D eigenvalue weighted by Gasteiger charge is -2.10. The van der Waals surface area contributed by atoms with Crippen molar-refractivity contribution in [3.8, 4) is 0 Å². The van der Waals surface area contributed by atoms with Crippen LogP contribution >= 0.6 is 0 Å². The first-order valence-electron chi connectivity index (χ1n) is 9.75. The van der Waals surface area contributed by atoms with Crippen LogP contribution in [0.5, 0.6) is 0 Å². The highest BCUT2D eigenvalue weighted by atomic mass is 32.2. The molecule has 0 spiro atoms. The second-order valence-electron chi connectivity index (χ2n) is 7.40. The van der Waals surface area contributed by atoms with E-state index in [1.807, 2.05) is 6.07 Å². The first kappa shape index (κ1) is 21.4. The number of nitrogens with zero attached hydrogens (tertiary/aromatic N) is 3. The molecule has 4 aromatic rings. The molecule has 0 saturated heterocycles. The van der Waals surface area contributed by atoms with E-state index in [9.17, 15) is 18.0 Å². The van der Waals surface area contributed by atoms with E-state index in [1.54, 1.807) is 48.9 Å². The molecule has 0 radical (unpaired) electrons. The summed E-state index contributed by atoms with van der Waals surface area (Å²) >= 11 is 0. The molecular formula is C23H20N4O4S. The van der Waals surface area contributed by atoms with Crippen LogP contribution in [0.2, 0.25) is 0 Å². The molecule has 8 nitrogen and oxygen atoms in total. The van der Waals surface area contributed by atoms with Crippen LogP contribution in [0, 0.1) is 0 Å². The Morgan fingerprint density at radius 2 is 1.72 bits per heavy atom. The fourth-order valence-corrected chi connectivity index (χ4v) is 3.92. The summed E-state index contributed by atoms with van der Waals surface area (Å²) in [6.07, 6.45) is 7.49. The lowest BCUT2D eigenvalue weighted by Crippen LogP contribution is -2.24. The van der Waals surface area contributed by atoms with Gasteiger partial charge in [-0.25, -0.2) is 18.4 Å². The zero-order chi connectivity index (χ0) is 22.7. The molecule has 2 aromatic heterocycles. The second kappa shape index (κ2) is 8.72. The van der Waals surface area contributed by atoms with Crippen molar-refractivity contribution < 1.29 is 13.2 Å². The van der Waals surface area contributed by atoms with Crippen LogP contribution in [0.1, 0.15) is 21.5 Å². The van der Waals surface area contributed by atoms with Gasteiger partial charge in [0.25, 0.3) is 11.5 Å². The fraction of sp³-hybridized carbons (Fsp3) is 0.130. The highest BCUT2D eigenvalue weighted by Crippen LogP contribution is 2.15. The minimum absolute atomic E-state index is 0.227. The summed E-state index contributed by atoms with van der Waals surface area (Å²) in [7, 11) is -3.28. The Balaban J connectivity index is 1.57. The van der Waals surface area contributed by atoms with E-state index in [4.69, 9.17) is 0 Å². The maximum atomic E-state index is 13.0. The van der Waals surface area contributed by atoms with Crippen molar-refractivity contribution in [1.82, 2.24) is 19.9 Å². The molecule has 2 aromatic carbocycles. The topological polar surface area (TPSA) is 111 Å². The van der Waals surface area contributed by atoms with E-state index in [2.05, 4.69) is 15.3 Å². The lowest BCUT2D eigenvalue weighted by atomic mass is 10.1. The molecule has 162 valence electrons. The molecule has 9 heteroatoms. The molecule has 0 fully saturated rings. The molecule has 2 heterocycles. The highest BCUT2D eigenvalue weighted by Gasteiger charge is 2.11. The molecule has 0 aliphatic heterocycles. The van der Waals surface area contributed by atoms with Crippen molar-refractivity contribution in [2.45, 2.75) is 18.0 Å². The normalized spacial score (nSPS) is 11.4. The molecule has 1 amide bonds. The van der Waals surface area contributed by atoms with Crippen molar-refractivity contribution in [2.24, 2.45) is 0 Å². The predicted molar refractivity (Wildman–Crippen MR) is 120 cm³/mol. The Morgan fingerprint density at radius 1 is 1.00 bits per heavy atom. The van der Waals surface area contributed by atoms with Crippen molar-refractivity contribution in [3.05, 3.63) is 100 Å².